The summed E-state index contributed by atoms with van der Waals surface area (Å²) in [5.74, 6) is -2.89. The molecule has 11 heteroatoms. The Morgan fingerprint density at radius 3 is 2.24 bits per heavy atom. The maximum absolute atomic E-state index is 14.4. The van der Waals surface area contributed by atoms with Gasteiger partial charge < -0.3 is 10.6 Å². The number of hydrogen-bond donors (Lipinski definition) is 1. The van der Waals surface area contributed by atoms with Crippen molar-refractivity contribution in [2.24, 2.45) is 0 Å². The number of rotatable bonds is 4. The lowest BCUT2D eigenvalue weighted by Crippen LogP contribution is -2.28. The van der Waals surface area contributed by atoms with Crippen molar-refractivity contribution in [3.05, 3.63) is 83.1 Å². The molecule has 38 heavy (non-hydrogen) atoms. The van der Waals surface area contributed by atoms with Gasteiger partial charge in [0.25, 0.3) is 5.91 Å². The summed E-state index contributed by atoms with van der Waals surface area (Å²) >= 11 is 0. The molecule has 1 aromatic heterocycles. The van der Waals surface area contributed by atoms with E-state index in [1.54, 1.807) is 17.0 Å². The quantitative estimate of drug-likeness (QED) is 0.422. The van der Waals surface area contributed by atoms with E-state index in [4.69, 9.17) is 5.73 Å². The molecule has 2 N–H and O–H groups in total. The van der Waals surface area contributed by atoms with Gasteiger partial charge in [-0.1, -0.05) is 30.3 Å². The minimum atomic E-state index is -4.09. The van der Waals surface area contributed by atoms with Gasteiger partial charge in [0, 0.05) is 37.1 Å². The molecule has 0 radical (unpaired) electrons. The second kappa shape index (κ2) is 9.10. The Morgan fingerprint density at radius 1 is 0.895 bits per heavy atom. The number of fused-ring (bicyclic) bond motifs is 2. The lowest BCUT2D eigenvalue weighted by atomic mass is 10.0. The number of nitrogens with two attached hydrogens (primary N) is 1. The Balaban J connectivity index is 1.48. The second-order valence-corrected chi connectivity index (χ2v) is 11.4. The van der Waals surface area contributed by atoms with Gasteiger partial charge in [0.05, 0.1) is 10.4 Å². The fourth-order valence-electron chi connectivity index (χ4n) is 5.14. The van der Waals surface area contributed by atoms with E-state index in [0.717, 1.165) is 23.3 Å². The number of anilines is 1. The molecule has 194 valence electrons. The Hall–Kier alpha value is -3.96. The monoisotopic (exact) mass is 535 g/mol. The summed E-state index contributed by atoms with van der Waals surface area (Å²) in [6.07, 6.45) is 1.39. The minimum absolute atomic E-state index is 0.0125. The van der Waals surface area contributed by atoms with Crippen LogP contribution in [0.4, 0.5) is 14.7 Å². The zero-order valence-corrected chi connectivity index (χ0v) is 21.0. The van der Waals surface area contributed by atoms with Crippen LogP contribution in [0.5, 0.6) is 0 Å². The molecule has 2 aliphatic heterocycles. The molecule has 1 saturated heterocycles. The topological polar surface area (TPSA) is 109 Å². The van der Waals surface area contributed by atoms with Crippen LogP contribution < -0.4 is 5.73 Å². The fraction of sp³-hybridized carbons (Fsp3) is 0.222. The standard InChI is InChI=1S/C27H23F2N5O3S/c28-21-12-19(24(13-22(21)29)38(36,37)34-9-3-4-10-34)16-7-8-23-20(11-16)25(32-27(30)31-23)26(35)33-14-17-5-1-2-6-18(17)15-33/h1-2,5-8,11-13H,3-4,9-10,14-15H2,(H2,30,31,32). The molecule has 0 spiro atoms. The predicted octanol–water partition coefficient (Wildman–Crippen LogP) is 4.10. The van der Waals surface area contributed by atoms with Crippen molar-refractivity contribution in [1.29, 1.82) is 0 Å². The first kappa shape index (κ1) is 24.4. The van der Waals surface area contributed by atoms with Crippen LogP contribution in [-0.4, -0.2) is 46.6 Å². The summed E-state index contributed by atoms with van der Waals surface area (Å²) in [7, 11) is -4.09. The first-order chi connectivity index (χ1) is 18.2. The number of sulfonamides is 1. The third-order valence-electron chi connectivity index (χ3n) is 7.06. The van der Waals surface area contributed by atoms with Gasteiger partial charge in [-0.25, -0.2) is 27.2 Å². The Kier molecular flexibility index (Phi) is 5.84. The maximum Gasteiger partial charge on any atom is 0.273 e. The van der Waals surface area contributed by atoms with Crippen LogP contribution in [0.1, 0.15) is 34.5 Å². The number of nitrogen functional groups attached to an aromatic ring is 1. The van der Waals surface area contributed by atoms with Crippen molar-refractivity contribution in [2.75, 3.05) is 18.8 Å². The molecule has 4 aromatic rings. The highest BCUT2D eigenvalue weighted by Crippen LogP contribution is 2.35. The van der Waals surface area contributed by atoms with Crippen LogP contribution in [0.15, 0.2) is 59.5 Å². The SMILES string of the molecule is Nc1nc(C(=O)N2Cc3ccccc3C2)c2cc(-c3cc(F)c(F)cc3S(=O)(=O)N3CCCC3)ccc2n1. The van der Waals surface area contributed by atoms with E-state index in [-0.39, 0.29) is 33.6 Å². The van der Waals surface area contributed by atoms with Gasteiger partial charge in [-0.2, -0.15) is 4.31 Å². The lowest BCUT2D eigenvalue weighted by molar-refractivity contribution is 0.0747. The Morgan fingerprint density at radius 2 is 1.55 bits per heavy atom. The van der Waals surface area contributed by atoms with E-state index < -0.39 is 21.7 Å². The zero-order valence-electron chi connectivity index (χ0n) is 20.2. The number of nitrogens with zero attached hydrogens (tertiary/aromatic N) is 4. The predicted molar refractivity (Wildman–Crippen MR) is 137 cm³/mol. The molecule has 0 saturated carbocycles. The molecule has 1 fully saturated rings. The summed E-state index contributed by atoms with van der Waals surface area (Å²) in [6, 6.07) is 14.0. The lowest BCUT2D eigenvalue weighted by Gasteiger charge is -2.19. The number of carbonyl (C=O) groups is 1. The van der Waals surface area contributed by atoms with Gasteiger partial charge in [0.1, 0.15) is 5.69 Å². The van der Waals surface area contributed by atoms with Crippen molar-refractivity contribution in [3.8, 4) is 11.1 Å². The Labute approximate surface area is 217 Å². The van der Waals surface area contributed by atoms with Crippen molar-refractivity contribution in [3.63, 3.8) is 0 Å². The van der Waals surface area contributed by atoms with E-state index >= 15 is 0 Å². The summed E-state index contributed by atoms with van der Waals surface area (Å²) in [6.45, 7) is 1.42. The van der Waals surface area contributed by atoms with Gasteiger partial charge in [-0.05, 0) is 53.8 Å². The molecule has 3 heterocycles. The van der Waals surface area contributed by atoms with Crippen LogP contribution >= 0.6 is 0 Å². The van der Waals surface area contributed by atoms with E-state index in [9.17, 15) is 22.0 Å². The highest BCUT2D eigenvalue weighted by Gasteiger charge is 2.32. The first-order valence-electron chi connectivity index (χ1n) is 12.2. The van der Waals surface area contributed by atoms with Gasteiger partial charge in [0.2, 0.25) is 16.0 Å². The van der Waals surface area contributed by atoms with Gasteiger partial charge in [-0.3, -0.25) is 4.79 Å². The highest BCUT2D eigenvalue weighted by molar-refractivity contribution is 7.89. The summed E-state index contributed by atoms with van der Waals surface area (Å²) < 4.78 is 56.8. The summed E-state index contributed by atoms with van der Waals surface area (Å²) in [4.78, 5) is 23.3. The molecule has 1 amide bonds. The van der Waals surface area contributed by atoms with Crippen LogP contribution in [0.3, 0.4) is 0 Å². The van der Waals surface area contributed by atoms with Crippen molar-refractivity contribution >= 4 is 32.8 Å². The molecular formula is C27H23F2N5O3S. The molecule has 6 rings (SSSR count). The molecule has 0 unspecified atom stereocenters. The number of hydrogen-bond acceptors (Lipinski definition) is 6. The number of amides is 1. The molecule has 0 aliphatic carbocycles. The van der Waals surface area contributed by atoms with Crippen LogP contribution in [0.2, 0.25) is 0 Å². The number of carbonyl (C=O) groups excluding carboxylic acids is 1. The zero-order chi connectivity index (χ0) is 26.6. The summed E-state index contributed by atoms with van der Waals surface area (Å²) in [5, 5.41) is 0.326. The maximum atomic E-state index is 14.4. The second-order valence-electron chi connectivity index (χ2n) is 9.47. The Bertz CT molecular complexity index is 1700. The van der Waals surface area contributed by atoms with Gasteiger partial charge in [0.15, 0.2) is 11.6 Å². The number of benzene rings is 3. The molecule has 3 aromatic carbocycles. The number of aromatic nitrogens is 2. The number of halogens is 2. The van der Waals surface area contributed by atoms with E-state index in [0.29, 0.717) is 49.9 Å². The average molecular weight is 536 g/mol. The van der Waals surface area contributed by atoms with Crippen LogP contribution in [0.25, 0.3) is 22.0 Å². The van der Waals surface area contributed by atoms with E-state index in [1.165, 1.54) is 10.4 Å². The molecule has 8 nitrogen and oxygen atoms in total. The normalized spacial score (nSPS) is 15.8. The van der Waals surface area contributed by atoms with Crippen molar-refractivity contribution in [2.45, 2.75) is 30.8 Å². The molecular weight excluding hydrogens is 512 g/mol. The fourth-order valence-corrected chi connectivity index (χ4v) is 6.86. The average Bonchev–Trinajstić information content (AvgIpc) is 3.60. The third kappa shape index (κ3) is 4.07. The van der Waals surface area contributed by atoms with E-state index in [2.05, 4.69) is 9.97 Å². The largest absolute Gasteiger partial charge is 0.368 e. The van der Waals surface area contributed by atoms with Gasteiger partial charge in [-0.15, -0.1) is 0 Å². The minimum Gasteiger partial charge on any atom is -0.368 e. The first-order valence-corrected chi connectivity index (χ1v) is 13.6. The van der Waals surface area contributed by atoms with Crippen molar-refractivity contribution < 1.29 is 22.0 Å². The highest BCUT2D eigenvalue weighted by atomic mass is 32.2. The smallest absolute Gasteiger partial charge is 0.273 e. The van der Waals surface area contributed by atoms with Crippen LogP contribution in [0, 0.1) is 11.6 Å². The van der Waals surface area contributed by atoms with Crippen molar-refractivity contribution in [1.82, 2.24) is 19.2 Å². The van der Waals surface area contributed by atoms with Gasteiger partial charge >= 0.3 is 0 Å². The van der Waals surface area contributed by atoms with E-state index in [1.807, 2.05) is 24.3 Å². The molecule has 0 bridgehead atoms. The molecule has 0 atom stereocenters. The summed E-state index contributed by atoms with van der Waals surface area (Å²) in [5.41, 5.74) is 8.67. The third-order valence-corrected chi connectivity index (χ3v) is 9.00. The van der Waals surface area contributed by atoms with Crippen LogP contribution in [-0.2, 0) is 23.1 Å². The molecule has 2 aliphatic rings.